The number of hydrogen-bond acceptors (Lipinski definition) is 2. The van der Waals surface area contributed by atoms with E-state index < -0.39 is 30.4 Å². The molecule has 0 saturated heterocycles. The van der Waals surface area contributed by atoms with E-state index in [-0.39, 0.29) is 10.6 Å². The van der Waals surface area contributed by atoms with Gasteiger partial charge in [-0.3, -0.25) is 0 Å². The third-order valence-electron chi connectivity index (χ3n) is 4.59. The highest BCUT2D eigenvalue weighted by atomic mass is 31.2. The minimum Gasteiger partial charge on any atom is -0.374 e. The molecule has 3 aromatic rings. The average molecular weight is 408 g/mol. The van der Waals surface area contributed by atoms with E-state index >= 15 is 4.39 Å². The Morgan fingerprint density at radius 1 is 0.714 bits per heavy atom. The molecule has 0 spiro atoms. The minimum atomic E-state index is -5.40. The predicted molar refractivity (Wildman–Crippen MR) is 101 cm³/mol. The molecule has 3 rings (SSSR count). The molecule has 0 heterocycles. The van der Waals surface area contributed by atoms with Crippen molar-refractivity contribution in [2.24, 2.45) is 0 Å². The Hall–Kier alpha value is -2.43. The number of halogens is 4. The highest BCUT2D eigenvalue weighted by Gasteiger charge is 2.65. The molecule has 0 amide bonds. The zero-order valence-electron chi connectivity index (χ0n) is 14.6. The summed E-state index contributed by atoms with van der Waals surface area (Å²) in [4.78, 5) is 0. The van der Waals surface area contributed by atoms with Crippen molar-refractivity contribution in [1.29, 1.82) is 0 Å². The maximum atomic E-state index is 15.8. The van der Waals surface area contributed by atoms with Crippen LogP contribution in [-0.4, -0.2) is 17.2 Å². The van der Waals surface area contributed by atoms with E-state index in [0.29, 0.717) is 0 Å². The standard InChI is InChI=1S/C21H17F4O2P/c22-19(20(26,21(23,24)25)16-10-4-1-5-11-16)28(27,17-12-6-2-7-13-17)18-14-8-3-9-15-18/h1-15,19,26H/t19-,20+/m1/s1. The SMILES string of the molecule is O=P(c1ccccc1)(c1ccccc1)[C@@H](F)[C@@](O)(c1ccccc1)C(F)(F)F. The summed E-state index contributed by atoms with van der Waals surface area (Å²) in [5, 5.41) is 10.5. The lowest BCUT2D eigenvalue weighted by molar-refractivity contribution is -0.277. The van der Waals surface area contributed by atoms with Gasteiger partial charge in [-0.2, -0.15) is 13.2 Å². The van der Waals surface area contributed by atoms with Gasteiger partial charge in [0.1, 0.15) is 0 Å². The van der Waals surface area contributed by atoms with E-state index in [2.05, 4.69) is 0 Å². The van der Waals surface area contributed by atoms with Crippen molar-refractivity contribution >= 4 is 17.8 Å². The van der Waals surface area contributed by atoms with Crippen LogP contribution in [0.25, 0.3) is 0 Å². The fourth-order valence-electron chi connectivity index (χ4n) is 3.10. The van der Waals surface area contributed by atoms with Crippen LogP contribution in [0, 0.1) is 0 Å². The fraction of sp³-hybridized carbons (Fsp3) is 0.143. The quantitative estimate of drug-likeness (QED) is 0.489. The van der Waals surface area contributed by atoms with Crippen molar-refractivity contribution in [2.45, 2.75) is 17.7 Å². The highest BCUT2D eigenvalue weighted by Crippen LogP contribution is 2.59. The number of benzene rings is 3. The topological polar surface area (TPSA) is 37.3 Å². The molecule has 0 aliphatic heterocycles. The smallest absolute Gasteiger partial charge is 0.374 e. The fourth-order valence-corrected chi connectivity index (χ4v) is 5.97. The first-order valence-electron chi connectivity index (χ1n) is 8.42. The van der Waals surface area contributed by atoms with Gasteiger partial charge in [-0.25, -0.2) is 4.39 Å². The number of aliphatic hydroxyl groups is 1. The first kappa shape index (κ1) is 20.3. The number of hydrogen-bond donors (Lipinski definition) is 1. The van der Waals surface area contributed by atoms with Crippen LogP contribution < -0.4 is 10.6 Å². The Bertz CT molecular complexity index is 918. The lowest BCUT2D eigenvalue weighted by atomic mass is 9.94. The van der Waals surface area contributed by atoms with Crippen molar-refractivity contribution in [1.82, 2.24) is 0 Å². The largest absolute Gasteiger partial charge is 0.424 e. The van der Waals surface area contributed by atoms with E-state index in [4.69, 9.17) is 0 Å². The molecule has 0 aliphatic carbocycles. The average Bonchev–Trinajstić information content (AvgIpc) is 2.73. The molecule has 3 aromatic carbocycles. The van der Waals surface area contributed by atoms with Gasteiger partial charge in [0.2, 0.25) is 11.5 Å². The number of rotatable bonds is 5. The lowest BCUT2D eigenvalue weighted by Crippen LogP contribution is -2.51. The Labute approximate surface area is 159 Å². The van der Waals surface area contributed by atoms with Crippen LogP contribution in [0.4, 0.5) is 17.6 Å². The normalized spacial score (nSPS) is 15.6. The molecule has 0 fully saturated rings. The van der Waals surface area contributed by atoms with E-state index in [1.165, 1.54) is 66.7 Å². The summed E-state index contributed by atoms with van der Waals surface area (Å²) in [6.45, 7) is 0. The van der Waals surface area contributed by atoms with Gasteiger partial charge in [0.05, 0.1) is 0 Å². The van der Waals surface area contributed by atoms with Gasteiger partial charge in [0.25, 0.3) is 0 Å². The van der Waals surface area contributed by atoms with Crippen LogP contribution in [0.1, 0.15) is 5.56 Å². The van der Waals surface area contributed by atoms with Gasteiger partial charge in [0.15, 0.2) is 7.14 Å². The molecule has 0 bridgehead atoms. The van der Waals surface area contributed by atoms with E-state index in [1.807, 2.05) is 0 Å². The summed E-state index contributed by atoms with van der Waals surface area (Å²) >= 11 is 0. The summed E-state index contributed by atoms with van der Waals surface area (Å²) in [7, 11) is -4.54. The Kier molecular flexibility index (Phi) is 5.46. The molecular weight excluding hydrogens is 391 g/mol. The molecule has 0 aliphatic rings. The molecule has 0 radical (unpaired) electrons. The van der Waals surface area contributed by atoms with Crippen molar-refractivity contribution in [3.63, 3.8) is 0 Å². The molecule has 1 N–H and O–H groups in total. The van der Waals surface area contributed by atoms with Crippen molar-refractivity contribution in [3.8, 4) is 0 Å². The van der Waals surface area contributed by atoms with Gasteiger partial charge in [-0.15, -0.1) is 0 Å². The van der Waals surface area contributed by atoms with Gasteiger partial charge >= 0.3 is 6.18 Å². The summed E-state index contributed by atoms with van der Waals surface area (Å²) in [6.07, 6.45) is -5.40. The molecule has 28 heavy (non-hydrogen) atoms. The zero-order chi connectivity index (χ0) is 20.4. The molecule has 2 nitrogen and oxygen atoms in total. The third kappa shape index (κ3) is 3.27. The second-order valence-corrected chi connectivity index (χ2v) is 9.10. The third-order valence-corrected chi connectivity index (χ3v) is 7.73. The molecule has 7 heteroatoms. The Balaban J connectivity index is 2.29. The van der Waals surface area contributed by atoms with Gasteiger partial charge < -0.3 is 9.67 Å². The molecule has 0 unspecified atom stereocenters. The van der Waals surface area contributed by atoms with Crippen LogP contribution >= 0.6 is 7.14 Å². The van der Waals surface area contributed by atoms with E-state index in [1.54, 1.807) is 12.1 Å². The van der Waals surface area contributed by atoms with Crippen molar-refractivity contribution < 1.29 is 27.2 Å². The summed E-state index contributed by atoms with van der Waals surface area (Å²) in [5.41, 5.74) is -4.66. The van der Waals surface area contributed by atoms with Crippen molar-refractivity contribution in [3.05, 3.63) is 96.6 Å². The molecule has 146 valence electrons. The first-order chi connectivity index (χ1) is 13.2. The van der Waals surface area contributed by atoms with Gasteiger partial charge in [-0.05, 0) is 5.56 Å². The summed E-state index contributed by atoms with van der Waals surface area (Å²) < 4.78 is 71.7. The summed E-state index contributed by atoms with van der Waals surface area (Å²) in [5.74, 6) is -3.15. The maximum Gasteiger partial charge on any atom is 0.424 e. The lowest BCUT2D eigenvalue weighted by Gasteiger charge is -2.37. The zero-order valence-corrected chi connectivity index (χ0v) is 15.4. The molecule has 0 saturated carbocycles. The Morgan fingerprint density at radius 2 is 1.07 bits per heavy atom. The summed E-state index contributed by atoms with van der Waals surface area (Å²) in [6, 6.07) is 20.2. The van der Waals surface area contributed by atoms with Gasteiger partial charge in [-0.1, -0.05) is 91.0 Å². The van der Waals surface area contributed by atoms with Crippen molar-refractivity contribution in [2.75, 3.05) is 0 Å². The predicted octanol–water partition coefficient (Wildman–Crippen LogP) is 4.75. The van der Waals surface area contributed by atoms with Crippen LogP contribution in [0.2, 0.25) is 0 Å². The van der Waals surface area contributed by atoms with Crippen LogP contribution in [0.15, 0.2) is 91.0 Å². The monoisotopic (exact) mass is 408 g/mol. The van der Waals surface area contributed by atoms with E-state index in [9.17, 15) is 22.8 Å². The minimum absolute atomic E-state index is 0.104. The number of alkyl halides is 4. The second kappa shape index (κ2) is 7.53. The molecule has 2 atom stereocenters. The van der Waals surface area contributed by atoms with Crippen LogP contribution in [0.5, 0.6) is 0 Å². The molecule has 0 aromatic heterocycles. The highest BCUT2D eigenvalue weighted by molar-refractivity contribution is 7.79. The van der Waals surface area contributed by atoms with Gasteiger partial charge in [0, 0.05) is 10.6 Å². The maximum absolute atomic E-state index is 15.8. The molecular formula is C21H17F4O2P. The van der Waals surface area contributed by atoms with Crippen LogP contribution in [0.3, 0.4) is 0 Å². The van der Waals surface area contributed by atoms with E-state index in [0.717, 1.165) is 12.1 Å². The Morgan fingerprint density at radius 3 is 1.43 bits per heavy atom. The second-order valence-electron chi connectivity index (χ2n) is 6.30. The first-order valence-corrected chi connectivity index (χ1v) is 10.2. The van der Waals surface area contributed by atoms with Crippen LogP contribution in [-0.2, 0) is 10.2 Å².